The normalized spacial score (nSPS) is 14.8. The third-order valence-electron chi connectivity index (χ3n) is 7.02. The number of nitrogens with zero attached hydrogens (tertiary/aromatic N) is 4. The molecule has 1 aromatic heterocycles. The number of benzene rings is 2. The van der Waals surface area contributed by atoms with E-state index in [1.54, 1.807) is 21.9 Å². The molecular weight excluding hydrogens is 498 g/mol. The summed E-state index contributed by atoms with van der Waals surface area (Å²) >= 11 is 0. The van der Waals surface area contributed by atoms with E-state index in [2.05, 4.69) is 23.5 Å². The minimum Gasteiger partial charge on any atom is -0.490 e. The Labute approximate surface area is 225 Å². The lowest BCUT2D eigenvalue weighted by molar-refractivity contribution is -0.129. The van der Waals surface area contributed by atoms with Gasteiger partial charge in [0, 0.05) is 25.6 Å². The van der Waals surface area contributed by atoms with Crippen LogP contribution < -0.4 is 20.5 Å². The van der Waals surface area contributed by atoms with E-state index in [-0.39, 0.29) is 28.6 Å². The van der Waals surface area contributed by atoms with E-state index in [0.717, 1.165) is 29.4 Å². The Bertz CT molecular complexity index is 1580. The number of rotatable bonds is 5. The highest BCUT2D eigenvalue weighted by atomic mass is 16.5. The quantitative estimate of drug-likeness (QED) is 0.511. The van der Waals surface area contributed by atoms with Crippen molar-refractivity contribution in [3.63, 3.8) is 0 Å². The predicted molar refractivity (Wildman–Crippen MR) is 148 cm³/mol. The fraction of sp³-hybridized carbons (Fsp3) is 0.276. The van der Waals surface area contributed by atoms with Gasteiger partial charge in [-0.3, -0.25) is 23.7 Å². The fourth-order valence-corrected chi connectivity index (χ4v) is 4.95. The third kappa shape index (κ3) is 4.93. The van der Waals surface area contributed by atoms with Crippen LogP contribution in [0.3, 0.4) is 0 Å². The largest absolute Gasteiger partial charge is 0.490 e. The van der Waals surface area contributed by atoms with Gasteiger partial charge in [-0.05, 0) is 43.0 Å². The summed E-state index contributed by atoms with van der Waals surface area (Å²) in [6.45, 7) is 11.1. The maximum atomic E-state index is 13.4. The number of para-hydroxylation sites is 1. The molecule has 2 aromatic carbocycles. The van der Waals surface area contributed by atoms with Crippen LogP contribution in [0.2, 0.25) is 0 Å². The van der Waals surface area contributed by atoms with Crippen LogP contribution in [-0.4, -0.2) is 58.4 Å². The lowest BCUT2D eigenvalue weighted by Gasteiger charge is -2.29. The number of piperidine rings is 1. The highest BCUT2D eigenvalue weighted by molar-refractivity contribution is 6.15. The summed E-state index contributed by atoms with van der Waals surface area (Å²) in [7, 11) is 0. The molecule has 3 aromatic rings. The Morgan fingerprint density at radius 1 is 1.03 bits per heavy atom. The van der Waals surface area contributed by atoms with Crippen molar-refractivity contribution in [3.05, 3.63) is 71.9 Å². The molecular formula is C29H29N5O5. The first-order valence-corrected chi connectivity index (χ1v) is 12.8. The second-order valence-electron chi connectivity index (χ2n) is 9.56. The van der Waals surface area contributed by atoms with Crippen molar-refractivity contribution in [2.75, 3.05) is 31.1 Å². The Morgan fingerprint density at radius 2 is 1.79 bits per heavy atom. The number of carbonyl (C=O) groups excluding carboxylic acids is 3. The summed E-state index contributed by atoms with van der Waals surface area (Å²) in [5, 5.41) is 2.76. The van der Waals surface area contributed by atoms with Crippen molar-refractivity contribution in [2.45, 2.75) is 26.2 Å². The van der Waals surface area contributed by atoms with Crippen LogP contribution in [0.5, 0.6) is 5.75 Å². The smallest absolute Gasteiger partial charge is 0.272 e. The van der Waals surface area contributed by atoms with Gasteiger partial charge in [0.25, 0.3) is 17.4 Å². The zero-order valence-corrected chi connectivity index (χ0v) is 21.7. The predicted octanol–water partition coefficient (Wildman–Crippen LogP) is 2.92. The van der Waals surface area contributed by atoms with Gasteiger partial charge in [0.2, 0.25) is 5.91 Å². The molecule has 10 nitrogen and oxygen atoms in total. The topological polar surface area (TPSA) is 114 Å². The molecule has 0 spiro atoms. The molecule has 2 aliphatic heterocycles. The number of amides is 3. The van der Waals surface area contributed by atoms with Gasteiger partial charge in [0.15, 0.2) is 0 Å². The molecule has 10 heteroatoms. The molecule has 1 N–H and O–H groups in total. The van der Waals surface area contributed by atoms with E-state index in [9.17, 15) is 19.2 Å². The first-order chi connectivity index (χ1) is 18.8. The Kier molecular flexibility index (Phi) is 7.02. The molecule has 0 saturated carbocycles. The summed E-state index contributed by atoms with van der Waals surface area (Å²) in [5.74, 6) is -0.552. The highest BCUT2D eigenvalue weighted by Crippen LogP contribution is 2.37. The van der Waals surface area contributed by atoms with E-state index < -0.39 is 11.5 Å². The average Bonchev–Trinajstić information content (AvgIpc) is 2.96. The van der Waals surface area contributed by atoms with Crippen molar-refractivity contribution in [1.29, 1.82) is 0 Å². The minimum absolute atomic E-state index is 0.0647. The molecule has 2 aliphatic rings. The van der Waals surface area contributed by atoms with Crippen LogP contribution in [0, 0.1) is 0 Å². The number of aromatic nitrogens is 2. The second kappa shape index (κ2) is 10.6. The number of ether oxygens (including phenoxy) is 1. The zero-order chi connectivity index (χ0) is 27.7. The van der Waals surface area contributed by atoms with Crippen molar-refractivity contribution < 1.29 is 19.1 Å². The first kappa shape index (κ1) is 25.9. The van der Waals surface area contributed by atoms with Crippen molar-refractivity contribution in [2.24, 2.45) is 0 Å². The summed E-state index contributed by atoms with van der Waals surface area (Å²) in [4.78, 5) is 58.7. The molecule has 0 aliphatic carbocycles. The maximum Gasteiger partial charge on any atom is 0.272 e. The second-order valence-corrected chi connectivity index (χ2v) is 9.56. The monoisotopic (exact) mass is 527 g/mol. The number of hydrogen-bond donors (Lipinski definition) is 1. The lowest BCUT2D eigenvalue weighted by Crippen LogP contribution is -2.41. The summed E-state index contributed by atoms with van der Waals surface area (Å²) in [6, 6.07) is 10.7. The van der Waals surface area contributed by atoms with Crippen molar-refractivity contribution in [3.8, 4) is 16.9 Å². The fourth-order valence-electron chi connectivity index (χ4n) is 4.95. The Balaban J connectivity index is 1.41. The molecule has 3 heterocycles. The molecule has 1 saturated heterocycles. The lowest BCUT2D eigenvalue weighted by atomic mass is 10.0. The molecule has 1 fully saturated rings. The number of anilines is 1. The summed E-state index contributed by atoms with van der Waals surface area (Å²) in [6.07, 6.45) is 4.14. The van der Waals surface area contributed by atoms with Crippen molar-refractivity contribution >= 4 is 40.0 Å². The van der Waals surface area contributed by atoms with Gasteiger partial charge in [-0.25, -0.2) is 4.98 Å². The number of hydrogen-bond acceptors (Lipinski definition) is 6. The zero-order valence-electron chi connectivity index (χ0n) is 21.7. The van der Waals surface area contributed by atoms with Crippen LogP contribution in [-0.2, 0) is 14.4 Å². The van der Waals surface area contributed by atoms with E-state index >= 15 is 0 Å². The number of carbonyl (C=O) groups is 3. The molecule has 3 amide bonds. The van der Waals surface area contributed by atoms with Gasteiger partial charge < -0.3 is 19.9 Å². The van der Waals surface area contributed by atoms with Gasteiger partial charge in [0.1, 0.15) is 24.4 Å². The number of nitrogens with one attached hydrogen (secondary N) is 1. The van der Waals surface area contributed by atoms with Gasteiger partial charge >= 0.3 is 0 Å². The molecule has 0 atom stereocenters. The van der Waals surface area contributed by atoms with Crippen molar-refractivity contribution in [1.82, 2.24) is 19.8 Å². The molecule has 5 rings (SSSR count). The van der Waals surface area contributed by atoms with E-state index in [4.69, 9.17) is 4.74 Å². The van der Waals surface area contributed by atoms with Crippen LogP contribution >= 0.6 is 0 Å². The van der Waals surface area contributed by atoms with Crippen LogP contribution in [0.25, 0.3) is 27.7 Å². The molecule has 0 radical (unpaired) electrons. The highest BCUT2D eigenvalue weighted by Gasteiger charge is 2.24. The van der Waals surface area contributed by atoms with Gasteiger partial charge in [0.05, 0.1) is 28.8 Å². The molecule has 200 valence electrons. The summed E-state index contributed by atoms with van der Waals surface area (Å²) < 4.78 is 6.85. The van der Waals surface area contributed by atoms with Gasteiger partial charge in [-0.1, -0.05) is 31.4 Å². The standard InChI is InChI=1S/C29H29N5O5/c1-18(28(37)32-12-5-4-6-13-32)31-27(36)19(2)34-17-30-26-22(8-7-9-23(26)29(34)38)21-10-11-24-25(16-21)39-15-14-33(24)20(3)35/h7-11,16-17H,1-2,4-6,12-15H2,3H3,(H,31,36). The summed E-state index contributed by atoms with van der Waals surface area (Å²) in [5.41, 5.74) is 1.86. The third-order valence-corrected chi connectivity index (χ3v) is 7.02. The SMILES string of the molecule is C=C(NC(=O)C(=C)n1cnc2c(-c3ccc4c(c3)OCCN4C(C)=O)cccc2c1=O)C(=O)N1CCCCC1. The van der Waals surface area contributed by atoms with E-state index in [1.165, 1.54) is 13.3 Å². The van der Waals surface area contributed by atoms with Gasteiger partial charge in [-0.15, -0.1) is 0 Å². The Hall–Kier alpha value is -4.73. The van der Waals surface area contributed by atoms with Crippen LogP contribution in [0.1, 0.15) is 26.2 Å². The maximum absolute atomic E-state index is 13.4. The van der Waals surface area contributed by atoms with Gasteiger partial charge in [-0.2, -0.15) is 0 Å². The number of fused-ring (bicyclic) bond motifs is 2. The number of likely N-dealkylation sites (tertiary alicyclic amines) is 1. The van der Waals surface area contributed by atoms with E-state index in [0.29, 0.717) is 48.8 Å². The average molecular weight is 528 g/mol. The van der Waals surface area contributed by atoms with E-state index in [1.807, 2.05) is 24.3 Å². The first-order valence-electron chi connectivity index (χ1n) is 12.8. The molecule has 39 heavy (non-hydrogen) atoms. The van der Waals surface area contributed by atoms with Crippen LogP contribution in [0.15, 0.2) is 66.4 Å². The van der Waals surface area contributed by atoms with Crippen LogP contribution in [0.4, 0.5) is 5.69 Å². The Morgan fingerprint density at radius 3 is 2.54 bits per heavy atom. The minimum atomic E-state index is -0.716. The molecule has 0 unspecified atom stereocenters. The molecule has 0 bridgehead atoms.